The SMILES string of the molecule is NC[C@H](N)c1cccc(F)c1N1CCOCC1. The van der Waals surface area contributed by atoms with E-state index < -0.39 is 0 Å². The molecule has 1 fully saturated rings. The van der Waals surface area contributed by atoms with Crippen LogP contribution in [0.4, 0.5) is 10.1 Å². The number of benzene rings is 1. The predicted molar refractivity (Wildman–Crippen MR) is 65.4 cm³/mol. The van der Waals surface area contributed by atoms with Crippen LogP contribution in [0.25, 0.3) is 0 Å². The molecule has 1 aliphatic heterocycles. The van der Waals surface area contributed by atoms with Crippen LogP contribution in [0.15, 0.2) is 18.2 Å². The van der Waals surface area contributed by atoms with Crippen molar-refractivity contribution >= 4 is 5.69 Å². The Morgan fingerprint density at radius 2 is 2.06 bits per heavy atom. The number of para-hydroxylation sites is 1. The van der Waals surface area contributed by atoms with Gasteiger partial charge in [0, 0.05) is 25.7 Å². The molecular weight excluding hydrogens is 221 g/mol. The molecule has 17 heavy (non-hydrogen) atoms. The Labute approximate surface area is 100 Å². The summed E-state index contributed by atoms with van der Waals surface area (Å²) in [6.45, 7) is 2.91. The maximum atomic E-state index is 14.0. The van der Waals surface area contributed by atoms with Gasteiger partial charge in [-0.05, 0) is 11.6 Å². The van der Waals surface area contributed by atoms with Crippen molar-refractivity contribution < 1.29 is 9.13 Å². The Morgan fingerprint density at radius 1 is 1.35 bits per heavy atom. The maximum Gasteiger partial charge on any atom is 0.146 e. The van der Waals surface area contributed by atoms with E-state index in [0.717, 1.165) is 5.56 Å². The van der Waals surface area contributed by atoms with Gasteiger partial charge in [-0.1, -0.05) is 12.1 Å². The third kappa shape index (κ3) is 2.57. The van der Waals surface area contributed by atoms with E-state index in [1.165, 1.54) is 6.07 Å². The summed E-state index contributed by atoms with van der Waals surface area (Å²) in [6.07, 6.45) is 0. The molecule has 0 amide bonds. The zero-order valence-corrected chi connectivity index (χ0v) is 9.73. The molecule has 0 saturated carbocycles. The number of rotatable bonds is 3. The smallest absolute Gasteiger partial charge is 0.146 e. The number of halogens is 1. The van der Waals surface area contributed by atoms with Crippen molar-refractivity contribution in [1.29, 1.82) is 0 Å². The molecular formula is C12H18FN3O. The molecule has 1 atom stereocenters. The second-order valence-corrected chi connectivity index (χ2v) is 4.12. The Hall–Kier alpha value is -1.17. The number of nitrogens with zero attached hydrogens (tertiary/aromatic N) is 1. The van der Waals surface area contributed by atoms with Gasteiger partial charge in [-0.2, -0.15) is 0 Å². The van der Waals surface area contributed by atoms with Crippen molar-refractivity contribution in [3.05, 3.63) is 29.6 Å². The summed E-state index contributed by atoms with van der Waals surface area (Å²) in [4.78, 5) is 1.98. The minimum atomic E-state index is -0.330. The molecule has 0 radical (unpaired) electrons. The van der Waals surface area contributed by atoms with Crippen molar-refractivity contribution in [2.45, 2.75) is 6.04 Å². The van der Waals surface area contributed by atoms with Gasteiger partial charge in [0.25, 0.3) is 0 Å². The van der Waals surface area contributed by atoms with Crippen LogP contribution < -0.4 is 16.4 Å². The molecule has 4 N–H and O–H groups in total. The van der Waals surface area contributed by atoms with Crippen LogP contribution in [0.3, 0.4) is 0 Å². The Bertz CT molecular complexity index is 380. The van der Waals surface area contributed by atoms with E-state index in [0.29, 0.717) is 38.5 Å². The first-order valence-electron chi connectivity index (χ1n) is 5.80. The summed E-state index contributed by atoms with van der Waals surface area (Å²) >= 11 is 0. The summed E-state index contributed by atoms with van der Waals surface area (Å²) in [6, 6.07) is 4.64. The minimum absolute atomic E-state index is 0.242. The van der Waals surface area contributed by atoms with Gasteiger partial charge >= 0.3 is 0 Å². The zero-order valence-electron chi connectivity index (χ0n) is 9.73. The van der Waals surface area contributed by atoms with E-state index in [2.05, 4.69) is 0 Å². The highest BCUT2D eigenvalue weighted by atomic mass is 19.1. The van der Waals surface area contributed by atoms with Crippen LogP contribution in [0.2, 0.25) is 0 Å². The molecule has 0 aromatic heterocycles. The van der Waals surface area contributed by atoms with E-state index in [1.54, 1.807) is 6.07 Å². The number of hydrogen-bond acceptors (Lipinski definition) is 4. The molecule has 0 spiro atoms. The minimum Gasteiger partial charge on any atom is -0.378 e. The highest BCUT2D eigenvalue weighted by Gasteiger charge is 2.20. The van der Waals surface area contributed by atoms with Crippen LogP contribution in [-0.4, -0.2) is 32.8 Å². The highest BCUT2D eigenvalue weighted by Crippen LogP contribution is 2.28. The largest absolute Gasteiger partial charge is 0.378 e. The van der Waals surface area contributed by atoms with Crippen molar-refractivity contribution in [1.82, 2.24) is 0 Å². The monoisotopic (exact) mass is 239 g/mol. The van der Waals surface area contributed by atoms with Gasteiger partial charge in [0.05, 0.1) is 18.9 Å². The van der Waals surface area contributed by atoms with Crippen molar-refractivity contribution in [2.75, 3.05) is 37.7 Å². The van der Waals surface area contributed by atoms with Crippen LogP contribution in [0.1, 0.15) is 11.6 Å². The number of nitrogens with two attached hydrogens (primary N) is 2. The van der Waals surface area contributed by atoms with E-state index in [4.69, 9.17) is 16.2 Å². The van der Waals surface area contributed by atoms with Crippen LogP contribution >= 0.6 is 0 Å². The van der Waals surface area contributed by atoms with Crippen LogP contribution in [0.5, 0.6) is 0 Å². The Morgan fingerprint density at radius 3 is 2.71 bits per heavy atom. The molecule has 5 heteroatoms. The fourth-order valence-electron chi connectivity index (χ4n) is 2.08. The van der Waals surface area contributed by atoms with Crippen molar-refractivity contribution in [3.63, 3.8) is 0 Å². The summed E-state index contributed by atoms with van der Waals surface area (Å²) < 4.78 is 19.2. The van der Waals surface area contributed by atoms with E-state index in [1.807, 2.05) is 11.0 Å². The molecule has 4 nitrogen and oxygen atoms in total. The molecule has 94 valence electrons. The maximum absolute atomic E-state index is 14.0. The summed E-state index contributed by atoms with van der Waals surface area (Å²) in [7, 11) is 0. The van der Waals surface area contributed by atoms with Crippen LogP contribution in [0, 0.1) is 5.82 Å². The molecule has 1 heterocycles. The lowest BCUT2D eigenvalue weighted by Gasteiger charge is -2.31. The van der Waals surface area contributed by atoms with E-state index in [-0.39, 0.29) is 11.9 Å². The molecule has 0 aliphatic carbocycles. The summed E-state index contributed by atoms with van der Waals surface area (Å²) in [5, 5.41) is 0. The van der Waals surface area contributed by atoms with E-state index in [9.17, 15) is 4.39 Å². The number of ether oxygens (including phenoxy) is 1. The Balaban J connectivity index is 2.35. The standard InChI is InChI=1S/C12H18FN3O/c13-10-3-1-2-9(11(15)8-14)12(10)16-4-6-17-7-5-16/h1-3,11H,4-8,14-15H2/t11-/m0/s1. The fourth-order valence-corrected chi connectivity index (χ4v) is 2.08. The summed E-state index contributed by atoms with van der Waals surface area (Å²) in [5.74, 6) is -0.242. The molecule has 0 unspecified atom stereocenters. The normalized spacial score (nSPS) is 18.2. The Kier molecular flexibility index (Phi) is 3.93. The predicted octanol–water partition coefficient (Wildman–Crippen LogP) is 0.621. The second-order valence-electron chi connectivity index (χ2n) is 4.12. The van der Waals surface area contributed by atoms with Gasteiger partial charge in [-0.25, -0.2) is 4.39 Å². The van der Waals surface area contributed by atoms with Gasteiger partial charge in [-0.3, -0.25) is 0 Å². The molecule has 0 bridgehead atoms. The third-order valence-electron chi connectivity index (χ3n) is 3.00. The van der Waals surface area contributed by atoms with Gasteiger partial charge in [0.2, 0.25) is 0 Å². The molecule has 2 rings (SSSR count). The quantitative estimate of drug-likeness (QED) is 0.811. The highest BCUT2D eigenvalue weighted by molar-refractivity contribution is 5.56. The molecule has 1 aromatic carbocycles. The zero-order chi connectivity index (χ0) is 12.3. The summed E-state index contributed by atoms with van der Waals surface area (Å²) in [5.41, 5.74) is 12.8. The van der Waals surface area contributed by atoms with Gasteiger partial charge < -0.3 is 21.1 Å². The lowest BCUT2D eigenvalue weighted by molar-refractivity contribution is 0.122. The molecule has 1 saturated heterocycles. The van der Waals surface area contributed by atoms with E-state index >= 15 is 0 Å². The first-order valence-corrected chi connectivity index (χ1v) is 5.80. The fraction of sp³-hybridized carbons (Fsp3) is 0.500. The van der Waals surface area contributed by atoms with Gasteiger partial charge in [0.1, 0.15) is 5.82 Å². The van der Waals surface area contributed by atoms with Gasteiger partial charge in [0.15, 0.2) is 0 Å². The molecule has 1 aliphatic rings. The van der Waals surface area contributed by atoms with Crippen molar-refractivity contribution in [2.24, 2.45) is 11.5 Å². The number of hydrogen-bond donors (Lipinski definition) is 2. The molecule has 1 aromatic rings. The third-order valence-corrected chi connectivity index (χ3v) is 3.00. The topological polar surface area (TPSA) is 64.5 Å². The first kappa shape index (κ1) is 12.3. The average Bonchev–Trinajstić information content (AvgIpc) is 2.38. The lowest BCUT2D eigenvalue weighted by Crippen LogP contribution is -2.38. The number of anilines is 1. The first-order chi connectivity index (χ1) is 8.24. The average molecular weight is 239 g/mol. The lowest BCUT2D eigenvalue weighted by atomic mass is 10.0. The second kappa shape index (κ2) is 5.44. The van der Waals surface area contributed by atoms with Gasteiger partial charge in [-0.15, -0.1) is 0 Å². The van der Waals surface area contributed by atoms with Crippen molar-refractivity contribution in [3.8, 4) is 0 Å². The number of morpholine rings is 1. The van der Waals surface area contributed by atoms with Crippen LogP contribution in [-0.2, 0) is 4.74 Å².